The molecule has 204 valence electrons. The van der Waals surface area contributed by atoms with Crippen LogP contribution >= 0.6 is 0 Å². The highest BCUT2D eigenvalue weighted by atomic mass is 16.5. The number of carbonyl (C=O) groups excluding carboxylic acids is 1. The SMILES string of the molecule is CCOc1ccc(-n2c(C(CC)N(CCC(C)C)C(=O)c3ccc(CC)cc3)nc3ccccc3c2=O)cc1. The van der Waals surface area contributed by atoms with E-state index in [2.05, 4.69) is 20.8 Å². The van der Waals surface area contributed by atoms with Gasteiger partial charge >= 0.3 is 0 Å². The highest BCUT2D eigenvalue weighted by Gasteiger charge is 2.30. The van der Waals surface area contributed by atoms with Gasteiger partial charge in [-0.3, -0.25) is 14.2 Å². The van der Waals surface area contributed by atoms with Gasteiger partial charge in [-0.25, -0.2) is 4.98 Å². The number of amides is 1. The second-order valence-electron chi connectivity index (χ2n) is 10.2. The second-order valence-corrected chi connectivity index (χ2v) is 10.2. The molecule has 1 aromatic heterocycles. The van der Waals surface area contributed by atoms with Crippen LogP contribution in [0.2, 0.25) is 0 Å². The summed E-state index contributed by atoms with van der Waals surface area (Å²) in [5, 5.41) is 0.542. The third kappa shape index (κ3) is 6.22. The van der Waals surface area contributed by atoms with Gasteiger partial charge in [0.15, 0.2) is 0 Å². The van der Waals surface area contributed by atoms with Gasteiger partial charge in [-0.05, 0) is 86.2 Å². The number of hydrogen-bond donors (Lipinski definition) is 0. The van der Waals surface area contributed by atoms with Crippen molar-refractivity contribution in [3.8, 4) is 11.4 Å². The van der Waals surface area contributed by atoms with Crippen molar-refractivity contribution in [2.45, 2.75) is 59.9 Å². The average molecular weight is 526 g/mol. The first-order chi connectivity index (χ1) is 18.9. The van der Waals surface area contributed by atoms with Gasteiger partial charge in [-0.2, -0.15) is 0 Å². The molecule has 1 heterocycles. The van der Waals surface area contributed by atoms with E-state index < -0.39 is 6.04 Å². The molecule has 0 N–H and O–H groups in total. The van der Waals surface area contributed by atoms with Crippen molar-refractivity contribution in [3.05, 3.63) is 100 Å². The van der Waals surface area contributed by atoms with E-state index in [1.54, 1.807) is 10.6 Å². The van der Waals surface area contributed by atoms with Crippen LogP contribution in [0.3, 0.4) is 0 Å². The van der Waals surface area contributed by atoms with Gasteiger partial charge in [0.2, 0.25) is 0 Å². The zero-order chi connectivity index (χ0) is 27.9. The Hall–Kier alpha value is -3.93. The van der Waals surface area contributed by atoms with Crippen molar-refractivity contribution < 1.29 is 9.53 Å². The van der Waals surface area contributed by atoms with E-state index in [-0.39, 0.29) is 11.5 Å². The van der Waals surface area contributed by atoms with Crippen LogP contribution in [0.4, 0.5) is 0 Å². The fourth-order valence-corrected chi connectivity index (χ4v) is 4.87. The summed E-state index contributed by atoms with van der Waals surface area (Å²) in [6.45, 7) is 11.5. The zero-order valence-electron chi connectivity index (χ0n) is 23.7. The lowest BCUT2D eigenvalue weighted by Crippen LogP contribution is -2.39. The van der Waals surface area contributed by atoms with Gasteiger partial charge in [0.05, 0.1) is 29.2 Å². The third-order valence-corrected chi connectivity index (χ3v) is 7.09. The molecule has 0 aliphatic heterocycles. The molecule has 0 radical (unpaired) electrons. The van der Waals surface area contributed by atoms with E-state index in [9.17, 15) is 9.59 Å². The Kier molecular flexibility index (Phi) is 9.18. The number of carbonyl (C=O) groups is 1. The van der Waals surface area contributed by atoms with Gasteiger partial charge in [0.25, 0.3) is 11.5 Å². The summed E-state index contributed by atoms with van der Waals surface area (Å²) in [5.74, 6) is 1.66. The highest BCUT2D eigenvalue weighted by Crippen LogP contribution is 2.29. The van der Waals surface area contributed by atoms with Crippen LogP contribution in [0.25, 0.3) is 16.6 Å². The molecule has 0 aliphatic carbocycles. The van der Waals surface area contributed by atoms with Crippen LogP contribution in [-0.4, -0.2) is 33.5 Å². The van der Waals surface area contributed by atoms with Gasteiger partial charge < -0.3 is 9.64 Å². The maximum absolute atomic E-state index is 14.0. The molecule has 1 unspecified atom stereocenters. The zero-order valence-corrected chi connectivity index (χ0v) is 23.7. The van der Waals surface area contributed by atoms with Crippen molar-refractivity contribution in [1.29, 1.82) is 0 Å². The first-order valence-electron chi connectivity index (χ1n) is 14.0. The highest BCUT2D eigenvalue weighted by molar-refractivity contribution is 5.94. The summed E-state index contributed by atoms with van der Waals surface area (Å²) in [4.78, 5) is 34.9. The molecule has 4 aromatic rings. The summed E-state index contributed by atoms with van der Waals surface area (Å²) < 4.78 is 7.30. The molecular formula is C33H39N3O3. The Morgan fingerprint density at radius 3 is 2.26 bits per heavy atom. The Bertz CT molecular complexity index is 1460. The molecule has 4 rings (SSSR count). The van der Waals surface area contributed by atoms with Gasteiger partial charge in [0, 0.05) is 12.1 Å². The molecule has 0 aliphatic rings. The van der Waals surface area contributed by atoms with E-state index in [1.165, 1.54) is 5.56 Å². The van der Waals surface area contributed by atoms with E-state index in [4.69, 9.17) is 9.72 Å². The van der Waals surface area contributed by atoms with Crippen molar-refractivity contribution in [2.24, 2.45) is 5.92 Å². The maximum Gasteiger partial charge on any atom is 0.266 e. The predicted molar refractivity (Wildman–Crippen MR) is 158 cm³/mol. The van der Waals surface area contributed by atoms with E-state index in [0.717, 1.165) is 18.6 Å². The van der Waals surface area contributed by atoms with Crippen LogP contribution in [-0.2, 0) is 6.42 Å². The molecular weight excluding hydrogens is 486 g/mol. The van der Waals surface area contributed by atoms with Gasteiger partial charge in [-0.15, -0.1) is 0 Å². The van der Waals surface area contributed by atoms with E-state index in [1.807, 2.05) is 85.5 Å². The summed E-state index contributed by atoms with van der Waals surface area (Å²) in [6, 6.07) is 22.3. The monoisotopic (exact) mass is 525 g/mol. The Morgan fingerprint density at radius 2 is 1.64 bits per heavy atom. The van der Waals surface area contributed by atoms with Crippen LogP contribution in [0.1, 0.15) is 75.2 Å². The summed E-state index contributed by atoms with van der Waals surface area (Å²) in [7, 11) is 0. The topological polar surface area (TPSA) is 64.4 Å². The fourth-order valence-electron chi connectivity index (χ4n) is 4.87. The summed E-state index contributed by atoms with van der Waals surface area (Å²) in [6.07, 6.45) is 2.37. The summed E-state index contributed by atoms with van der Waals surface area (Å²) >= 11 is 0. The first kappa shape index (κ1) is 28.1. The molecule has 6 nitrogen and oxygen atoms in total. The molecule has 0 bridgehead atoms. The lowest BCUT2D eigenvalue weighted by atomic mass is 10.0. The molecule has 0 saturated carbocycles. The standard InChI is InChI=1S/C33H39N3O3/c1-6-24-13-15-25(16-14-24)32(37)35(22-21-23(4)5)30(7-2)31-34-29-12-10-9-11-28(29)33(38)36(31)26-17-19-27(20-18-26)39-8-3/h9-20,23,30H,6-8,21-22H2,1-5H3. The number of benzene rings is 3. The van der Waals surface area contributed by atoms with Gasteiger partial charge in [-0.1, -0.05) is 52.0 Å². The van der Waals surface area contributed by atoms with Crippen LogP contribution in [0.5, 0.6) is 5.75 Å². The fraction of sp³-hybridized carbons (Fsp3) is 0.364. The van der Waals surface area contributed by atoms with Crippen LogP contribution in [0.15, 0.2) is 77.6 Å². The molecule has 0 saturated heterocycles. The van der Waals surface area contributed by atoms with Crippen molar-refractivity contribution in [1.82, 2.24) is 14.5 Å². The number of aryl methyl sites for hydroxylation is 1. The number of rotatable bonds is 11. The predicted octanol–water partition coefficient (Wildman–Crippen LogP) is 6.99. The first-order valence-corrected chi connectivity index (χ1v) is 14.0. The quantitative estimate of drug-likeness (QED) is 0.212. The Balaban J connectivity index is 1.89. The Labute approximate surface area is 231 Å². The largest absolute Gasteiger partial charge is 0.494 e. The normalized spacial score (nSPS) is 12.1. The van der Waals surface area contributed by atoms with E-state index in [0.29, 0.717) is 53.5 Å². The molecule has 0 spiro atoms. The van der Waals surface area contributed by atoms with Crippen molar-refractivity contribution >= 4 is 16.8 Å². The number of nitrogens with zero attached hydrogens (tertiary/aromatic N) is 3. The van der Waals surface area contributed by atoms with E-state index >= 15 is 0 Å². The molecule has 6 heteroatoms. The maximum atomic E-state index is 14.0. The summed E-state index contributed by atoms with van der Waals surface area (Å²) in [5.41, 5.74) is 3.00. The number of fused-ring (bicyclic) bond motifs is 1. The lowest BCUT2D eigenvalue weighted by Gasteiger charge is -2.33. The minimum atomic E-state index is -0.397. The molecule has 1 atom stereocenters. The average Bonchev–Trinajstić information content (AvgIpc) is 2.95. The van der Waals surface area contributed by atoms with Crippen molar-refractivity contribution in [3.63, 3.8) is 0 Å². The third-order valence-electron chi connectivity index (χ3n) is 7.09. The molecule has 0 fully saturated rings. The van der Waals surface area contributed by atoms with Crippen molar-refractivity contribution in [2.75, 3.05) is 13.2 Å². The van der Waals surface area contributed by atoms with Crippen LogP contribution in [0, 0.1) is 5.92 Å². The Morgan fingerprint density at radius 1 is 0.949 bits per heavy atom. The minimum Gasteiger partial charge on any atom is -0.494 e. The smallest absolute Gasteiger partial charge is 0.266 e. The number of ether oxygens (including phenoxy) is 1. The molecule has 1 amide bonds. The number of para-hydroxylation sites is 1. The van der Waals surface area contributed by atoms with Gasteiger partial charge in [0.1, 0.15) is 11.6 Å². The number of aromatic nitrogens is 2. The molecule has 39 heavy (non-hydrogen) atoms. The second kappa shape index (κ2) is 12.7. The minimum absolute atomic E-state index is 0.0502. The number of hydrogen-bond acceptors (Lipinski definition) is 4. The molecule has 3 aromatic carbocycles. The lowest BCUT2D eigenvalue weighted by molar-refractivity contribution is 0.0648. The van der Waals surface area contributed by atoms with Crippen LogP contribution < -0.4 is 10.3 Å².